The number of aryl methyl sites for hydroxylation is 1. The molecule has 4 rings (SSSR count). The van der Waals surface area contributed by atoms with Crippen LogP contribution < -0.4 is 10.6 Å². The maximum atomic E-state index is 13.9. The lowest BCUT2D eigenvalue weighted by Gasteiger charge is -2.35. The molecule has 13 heteroatoms. The van der Waals surface area contributed by atoms with E-state index in [1.54, 1.807) is 11.9 Å². The predicted octanol–water partition coefficient (Wildman–Crippen LogP) is 5.71. The molecular formula is C31H49N7O5Si. The molecule has 0 spiro atoms. The van der Waals surface area contributed by atoms with Gasteiger partial charge in [-0.1, -0.05) is 56.3 Å². The van der Waals surface area contributed by atoms with E-state index in [9.17, 15) is 9.59 Å². The van der Waals surface area contributed by atoms with Gasteiger partial charge in [0.25, 0.3) is 8.32 Å². The highest BCUT2D eigenvalue weighted by atomic mass is 28.4. The van der Waals surface area contributed by atoms with Crippen molar-refractivity contribution in [1.82, 2.24) is 30.4 Å². The molecule has 0 radical (unpaired) electrons. The van der Waals surface area contributed by atoms with Crippen LogP contribution in [0.2, 0.25) is 18.1 Å². The highest BCUT2D eigenvalue weighted by molar-refractivity contribution is 6.74. The molecule has 2 aliphatic rings. The van der Waals surface area contributed by atoms with E-state index >= 15 is 0 Å². The van der Waals surface area contributed by atoms with Crippen LogP contribution in [0.3, 0.4) is 0 Å². The summed E-state index contributed by atoms with van der Waals surface area (Å²) < 4.78 is 13.6. The molecule has 2 N–H and O–H groups in total. The highest BCUT2D eigenvalue weighted by Crippen LogP contribution is 2.45. The van der Waals surface area contributed by atoms with Crippen molar-refractivity contribution in [2.45, 2.75) is 103 Å². The molecule has 2 aromatic rings. The lowest BCUT2D eigenvalue weighted by Crippen LogP contribution is -2.45. The number of ether oxygens (including phenoxy) is 1. The number of carbonyl (C=O) groups excluding carboxylic acids is 2. The zero-order valence-electron chi connectivity index (χ0n) is 27.6. The van der Waals surface area contributed by atoms with E-state index in [1.807, 2.05) is 62.0 Å². The van der Waals surface area contributed by atoms with Gasteiger partial charge in [0.1, 0.15) is 24.3 Å². The second-order valence-electron chi connectivity index (χ2n) is 13.9. The Hall–Kier alpha value is -3.58. The number of unbranched alkanes of at least 4 members (excludes halogenated alkanes) is 1. The summed E-state index contributed by atoms with van der Waals surface area (Å²) >= 11 is 0. The van der Waals surface area contributed by atoms with Gasteiger partial charge in [0.05, 0.1) is 18.4 Å². The van der Waals surface area contributed by atoms with Gasteiger partial charge < -0.3 is 24.8 Å². The number of nitrogens with one attached hydrogen (secondary N) is 2. The third-order valence-electron chi connectivity index (χ3n) is 8.30. The molecule has 1 fully saturated rings. The Kier molecular flexibility index (Phi) is 9.98. The van der Waals surface area contributed by atoms with Crippen LogP contribution in [0.1, 0.15) is 83.3 Å². The SMILES string of the molecule is CN/C(=N\O[Si](C)(C)C(C)(C)C)[C@@H]1c2c(cnn2CCCCNC(=O)OC(C)(C)C)C2CN1C(=O)N2OCc1ccccc1. The number of hydrogen-bond acceptors (Lipinski definition) is 7. The fourth-order valence-corrected chi connectivity index (χ4v) is 5.49. The van der Waals surface area contributed by atoms with Crippen molar-refractivity contribution in [3.63, 3.8) is 0 Å². The van der Waals surface area contributed by atoms with E-state index in [4.69, 9.17) is 19.2 Å². The topological polar surface area (TPSA) is 123 Å². The number of hydrogen-bond donors (Lipinski definition) is 2. The number of oxime groups is 1. The molecule has 2 bridgehead atoms. The third-order valence-corrected chi connectivity index (χ3v) is 12.5. The fourth-order valence-electron chi connectivity index (χ4n) is 4.89. The Labute approximate surface area is 262 Å². The number of urea groups is 1. The summed E-state index contributed by atoms with van der Waals surface area (Å²) in [6.07, 6.45) is 2.90. The molecule has 1 aromatic carbocycles. The number of alkyl carbamates (subject to hydrolysis) is 1. The lowest BCUT2D eigenvalue weighted by atomic mass is 9.97. The number of nitrogens with zero attached hydrogens (tertiary/aromatic N) is 5. The second kappa shape index (κ2) is 13.2. The van der Waals surface area contributed by atoms with Gasteiger partial charge in [0.15, 0.2) is 5.84 Å². The zero-order chi connectivity index (χ0) is 32.3. The van der Waals surface area contributed by atoms with Crippen LogP contribution in [0, 0.1) is 0 Å². The number of aromatic nitrogens is 2. The lowest BCUT2D eigenvalue weighted by molar-refractivity contribution is -0.141. The average molecular weight is 628 g/mol. The van der Waals surface area contributed by atoms with Gasteiger partial charge in [0, 0.05) is 25.7 Å². The van der Waals surface area contributed by atoms with Crippen LogP contribution in [0.25, 0.3) is 0 Å². The summed E-state index contributed by atoms with van der Waals surface area (Å²) in [7, 11) is -0.428. The van der Waals surface area contributed by atoms with Crippen LogP contribution in [0.4, 0.5) is 9.59 Å². The molecular weight excluding hydrogens is 578 g/mol. The van der Waals surface area contributed by atoms with E-state index in [-0.39, 0.29) is 23.7 Å². The standard InChI is InChI=1S/C31H49N7O5Si/c1-30(2,3)42-28(39)33-17-13-14-18-37-25-23(19-34-37)24-20-36(29(40)38(24)41-21-22-15-11-10-12-16-22)26(25)27(32-7)35-43-44(8,9)31(4,5)6/h10-12,15-16,19,24,26H,13-14,17-18,20-21H2,1-9H3,(H,32,35)(H,33,39)/t24?,26-/m0/s1. The van der Waals surface area contributed by atoms with Crippen molar-refractivity contribution in [3.8, 4) is 0 Å². The average Bonchev–Trinajstić information content (AvgIpc) is 3.47. The summed E-state index contributed by atoms with van der Waals surface area (Å²) in [6, 6.07) is 8.73. The predicted molar refractivity (Wildman–Crippen MR) is 171 cm³/mol. The number of carbonyl (C=O) groups is 2. The third kappa shape index (κ3) is 7.55. The van der Waals surface area contributed by atoms with Gasteiger partial charge in [-0.15, -0.1) is 0 Å². The first-order valence-corrected chi connectivity index (χ1v) is 18.3. The molecule has 0 saturated carbocycles. The number of rotatable bonds is 11. The first-order chi connectivity index (χ1) is 20.6. The van der Waals surface area contributed by atoms with Crippen LogP contribution >= 0.6 is 0 Å². The largest absolute Gasteiger partial charge is 0.453 e. The van der Waals surface area contributed by atoms with E-state index < -0.39 is 26.1 Å². The Balaban J connectivity index is 1.58. The molecule has 242 valence electrons. The van der Waals surface area contributed by atoms with Crippen molar-refractivity contribution in [1.29, 1.82) is 0 Å². The number of amides is 3. The monoisotopic (exact) mass is 627 g/mol. The summed E-state index contributed by atoms with van der Waals surface area (Å²) in [5.74, 6) is 0.543. The van der Waals surface area contributed by atoms with Crippen molar-refractivity contribution >= 4 is 26.3 Å². The molecule has 0 aliphatic carbocycles. The van der Waals surface area contributed by atoms with Gasteiger partial charge in [-0.25, -0.2) is 9.59 Å². The summed E-state index contributed by atoms with van der Waals surface area (Å²) in [5, 5.41) is 16.9. The van der Waals surface area contributed by atoms with Gasteiger partial charge in [-0.2, -0.15) is 10.2 Å². The minimum Gasteiger partial charge on any atom is -0.453 e. The molecule has 2 aliphatic heterocycles. The molecule has 1 unspecified atom stereocenters. The van der Waals surface area contributed by atoms with Crippen LogP contribution in [-0.4, -0.2) is 71.8 Å². The Bertz CT molecular complexity index is 1330. The Morgan fingerprint density at radius 3 is 2.45 bits per heavy atom. The van der Waals surface area contributed by atoms with Gasteiger partial charge >= 0.3 is 12.1 Å². The van der Waals surface area contributed by atoms with Crippen molar-refractivity contribution in [3.05, 3.63) is 53.3 Å². The van der Waals surface area contributed by atoms with Crippen molar-refractivity contribution < 1.29 is 23.7 Å². The van der Waals surface area contributed by atoms with E-state index in [1.165, 1.54) is 5.06 Å². The number of hydroxylamine groups is 2. The van der Waals surface area contributed by atoms with Crippen molar-refractivity contribution in [2.24, 2.45) is 5.16 Å². The minimum atomic E-state index is -2.23. The van der Waals surface area contributed by atoms with E-state index in [0.29, 0.717) is 25.5 Å². The first-order valence-electron chi connectivity index (χ1n) is 15.4. The Morgan fingerprint density at radius 2 is 1.82 bits per heavy atom. The van der Waals surface area contributed by atoms with Gasteiger partial charge in [-0.05, 0) is 57.3 Å². The first kappa shape index (κ1) is 33.3. The molecule has 44 heavy (non-hydrogen) atoms. The quantitative estimate of drug-likeness (QED) is 0.108. The summed E-state index contributed by atoms with van der Waals surface area (Å²) in [4.78, 5) is 33.8. The number of benzene rings is 1. The second-order valence-corrected chi connectivity index (χ2v) is 18.6. The van der Waals surface area contributed by atoms with E-state index in [2.05, 4.69) is 49.7 Å². The molecule has 2 atom stereocenters. The van der Waals surface area contributed by atoms with Crippen LogP contribution in [-0.2, 0) is 27.3 Å². The van der Waals surface area contributed by atoms with Gasteiger partial charge in [0.2, 0.25) is 0 Å². The number of likely N-dealkylation sites (N-methyl/N-ethyl adjacent to an activating group) is 1. The number of amidine groups is 1. The smallest absolute Gasteiger partial charge is 0.407 e. The molecule has 3 heterocycles. The van der Waals surface area contributed by atoms with Crippen molar-refractivity contribution in [2.75, 3.05) is 20.1 Å². The summed E-state index contributed by atoms with van der Waals surface area (Å²) in [5.41, 5.74) is 2.24. The maximum Gasteiger partial charge on any atom is 0.407 e. The van der Waals surface area contributed by atoms with E-state index in [0.717, 1.165) is 29.7 Å². The summed E-state index contributed by atoms with van der Waals surface area (Å²) in [6.45, 7) is 18.1. The normalized spacial score (nSPS) is 18.8. The molecule has 3 amide bonds. The molecule has 1 aromatic heterocycles. The van der Waals surface area contributed by atoms with Crippen LogP contribution in [0.5, 0.6) is 0 Å². The minimum absolute atomic E-state index is 0.0428. The molecule has 12 nitrogen and oxygen atoms in total. The fraction of sp³-hybridized carbons (Fsp3) is 0.613. The molecule has 1 saturated heterocycles. The number of fused-ring (bicyclic) bond motifs is 4. The van der Waals surface area contributed by atoms with Gasteiger partial charge in [-0.3, -0.25) is 9.52 Å². The maximum absolute atomic E-state index is 13.9. The highest BCUT2D eigenvalue weighted by Gasteiger charge is 2.52. The zero-order valence-corrected chi connectivity index (χ0v) is 28.6. The van der Waals surface area contributed by atoms with Crippen LogP contribution in [0.15, 0.2) is 41.7 Å². The Morgan fingerprint density at radius 1 is 1.11 bits per heavy atom.